The first-order valence-corrected chi connectivity index (χ1v) is 12.3. The molecule has 1 N–H and O–H groups in total. The Morgan fingerprint density at radius 2 is 1.66 bits per heavy atom. The molecule has 0 saturated heterocycles. The normalized spacial score (nSPS) is 12.6. The van der Waals surface area contributed by atoms with Gasteiger partial charge in [-0.3, -0.25) is 9.59 Å². The SMILES string of the molecule is CC[C@H](C)NC(=O)[C@H](Cc1ccccc1)N(Cc1ccc(F)cc1)C(=O)Cc1ccc(Cl)cc1Cl. The highest BCUT2D eigenvalue weighted by molar-refractivity contribution is 6.35. The van der Waals surface area contributed by atoms with Gasteiger partial charge in [-0.15, -0.1) is 0 Å². The van der Waals surface area contributed by atoms with E-state index in [9.17, 15) is 14.0 Å². The molecular weight excluding hydrogens is 486 g/mol. The van der Waals surface area contributed by atoms with Crippen molar-refractivity contribution in [1.82, 2.24) is 10.2 Å². The molecule has 0 aliphatic rings. The fourth-order valence-electron chi connectivity index (χ4n) is 3.71. The molecule has 7 heteroatoms. The van der Waals surface area contributed by atoms with Crippen LogP contribution >= 0.6 is 23.2 Å². The van der Waals surface area contributed by atoms with Crippen molar-refractivity contribution in [2.45, 2.75) is 51.7 Å². The average Bonchev–Trinajstić information content (AvgIpc) is 2.84. The molecule has 0 spiro atoms. The molecule has 0 bridgehead atoms. The summed E-state index contributed by atoms with van der Waals surface area (Å²) >= 11 is 12.4. The summed E-state index contributed by atoms with van der Waals surface area (Å²) in [4.78, 5) is 28.7. The molecule has 2 atom stereocenters. The number of halogens is 3. The molecule has 2 amide bonds. The van der Waals surface area contributed by atoms with Crippen molar-refractivity contribution in [3.63, 3.8) is 0 Å². The van der Waals surface area contributed by atoms with E-state index in [2.05, 4.69) is 5.32 Å². The second kappa shape index (κ2) is 12.7. The lowest BCUT2D eigenvalue weighted by Crippen LogP contribution is -2.52. The lowest BCUT2D eigenvalue weighted by atomic mass is 10.0. The van der Waals surface area contributed by atoms with Crippen LogP contribution in [0.25, 0.3) is 0 Å². The van der Waals surface area contributed by atoms with Crippen LogP contribution in [0, 0.1) is 5.82 Å². The summed E-state index contributed by atoms with van der Waals surface area (Å²) in [5.74, 6) is -0.866. The summed E-state index contributed by atoms with van der Waals surface area (Å²) < 4.78 is 13.5. The topological polar surface area (TPSA) is 49.4 Å². The van der Waals surface area contributed by atoms with Crippen LogP contribution in [-0.4, -0.2) is 28.8 Å². The number of amides is 2. The van der Waals surface area contributed by atoms with Crippen molar-refractivity contribution < 1.29 is 14.0 Å². The molecule has 3 aromatic rings. The van der Waals surface area contributed by atoms with E-state index < -0.39 is 6.04 Å². The van der Waals surface area contributed by atoms with Gasteiger partial charge in [-0.25, -0.2) is 4.39 Å². The molecule has 0 aliphatic heterocycles. The Bertz CT molecular complexity index is 1140. The van der Waals surface area contributed by atoms with Gasteiger partial charge in [0.15, 0.2) is 0 Å². The molecule has 0 aliphatic carbocycles. The summed E-state index contributed by atoms with van der Waals surface area (Å²) in [6.07, 6.45) is 1.10. The van der Waals surface area contributed by atoms with Gasteiger partial charge in [0.1, 0.15) is 11.9 Å². The van der Waals surface area contributed by atoms with Crippen LogP contribution in [0.1, 0.15) is 37.0 Å². The number of benzene rings is 3. The van der Waals surface area contributed by atoms with Crippen LogP contribution in [0.2, 0.25) is 10.0 Å². The largest absolute Gasteiger partial charge is 0.352 e. The molecule has 0 saturated carbocycles. The monoisotopic (exact) mass is 514 g/mol. The molecule has 3 aromatic carbocycles. The lowest BCUT2D eigenvalue weighted by Gasteiger charge is -2.32. The maximum absolute atomic E-state index is 13.7. The summed E-state index contributed by atoms with van der Waals surface area (Å²) in [7, 11) is 0. The number of hydrogen-bond donors (Lipinski definition) is 1. The molecule has 4 nitrogen and oxygen atoms in total. The van der Waals surface area contributed by atoms with Crippen LogP contribution < -0.4 is 5.32 Å². The second-order valence-electron chi connectivity index (χ2n) is 8.58. The number of nitrogens with one attached hydrogen (secondary N) is 1. The van der Waals surface area contributed by atoms with Crippen molar-refractivity contribution >= 4 is 35.0 Å². The molecule has 0 aromatic heterocycles. The predicted octanol–water partition coefficient (Wildman–Crippen LogP) is 6.23. The van der Waals surface area contributed by atoms with E-state index in [0.717, 1.165) is 17.5 Å². The van der Waals surface area contributed by atoms with E-state index >= 15 is 0 Å². The minimum Gasteiger partial charge on any atom is -0.352 e. The second-order valence-corrected chi connectivity index (χ2v) is 9.43. The Labute approximate surface area is 216 Å². The van der Waals surface area contributed by atoms with E-state index in [1.165, 1.54) is 12.1 Å². The Morgan fingerprint density at radius 1 is 0.971 bits per heavy atom. The third-order valence-corrected chi connectivity index (χ3v) is 6.48. The van der Waals surface area contributed by atoms with Crippen LogP contribution in [-0.2, 0) is 29.0 Å². The summed E-state index contributed by atoms with van der Waals surface area (Å²) in [6, 6.07) is 19.7. The van der Waals surface area contributed by atoms with Crippen LogP contribution in [0.4, 0.5) is 4.39 Å². The number of rotatable bonds is 10. The highest BCUT2D eigenvalue weighted by Gasteiger charge is 2.31. The van der Waals surface area contributed by atoms with Crippen molar-refractivity contribution in [3.05, 3.63) is 105 Å². The third-order valence-electron chi connectivity index (χ3n) is 5.90. The number of carbonyl (C=O) groups is 2. The maximum atomic E-state index is 13.7. The Balaban J connectivity index is 1.98. The zero-order valence-electron chi connectivity index (χ0n) is 19.8. The molecule has 0 heterocycles. The molecule has 3 rings (SSSR count). The quantitative estimate of drug-likeness (QED) is 0.348. The molecule has 0 fully saturated rings. The van der Waals surface area contributed by atoms with Gasteiger partial charge >= 0.3 is 0 Å². The van der Waals surface area contributed by atoms with E-state index in [1.54, 1.807) is 35.2 Å². The first-order chi connectivity index (χ1) is 16.8. The fraction of sp³-hybridized carbons (Fsp3) is 0.286. The van der Waals surface area contributed by atoms with Gasteiger partial charge in [0.25, 0.3) is 0 Å². The summed E-state index contributed by atoms with van der Waals surface area (Å²) in [5.41, 5.74) is 2.26. The van der Waals surface area contributed by atoms with Crippen molar-refractivity contribution in [3.8, 4) is 0 Å². The molecule has 0 radical (unpaired) electrons. The van der Waals surface area contributed by atoms with E-state index in [4.69, 9.17) is 23.2 Å². The Kier molecular flexibility index (Phi) is 9.70. The third kappa shape index (κ3) is 7.81. The van der Waals surface area contributed by atoms with E-state index in [1.807, 2.05) is 44.2 Å². The minimum atomic E-state index is -0.768. The van der Waals surface area contributed by atoms with E-state index in [0.29, 0.717) is 22.0 Å². The number of nitrogens with zero attached hydrogens (tertiary/aromatic N) is 1. The van der Waals surface area contributed by atoms with Gasteiger partial charge in [-0.1, -0.05) is 78.7 Å². The van der Waals surface area contributed by atoms with Gasteiger partial charge < -0.3 is 10.2 Å². The smallest absolute Gasteiger partial charge is 0.243 e. The lowest BCUT2D eigenvalue weighted by molar-refractivity contribution is -0.141. The zero-order chi connectivity index (χ0) is 25.4. The van der Waals surface area contributed by atoms with Crippen LogP contribution in [0.3, 0.4) is 0 Å². The van der Waals surface area contributed by atoms with Crippen LogP contribution in [0.15, 0.2) is 72.8 Å². The van der Waals surface area contributed by atoms with Crippen molar-refractivity contribution in [2.24, 2.45) is 0 Å². The summed E-state index contributed by atoms with van der Waals surface area (Å²) in [6.45, 7) is 4.06. The number of hydrogen-bond acceptors (Lipinski definition) is 2. The van der Waals surface area contributed by atoms with Crippen LogP contribution in [0.5, 0.6) is 0 Å². The first kappa shape index (κ1) is 26.7. The van der Waals surface area contributed by atoms with Gasteiger partial charge in [0.05, 0.1) is 6.42 Å². The maximum Gasteiger partial charge on any atom is 0.243 e. The fourth-order valence-corrected chi connectivity index (χ4v) is 4.19. The van der Waals surface area contributed by atoms with Crippen molar-refractivity contribution in [2.75, 3.05) is 0 Å². The predicted molar refractivity (Wildman–Crippen MR) is 139 cm³/mol. The summed E-state index contributed by atoms with van der Waals surface area (Å²) in [5, 5.41) is 3.89. The van der Waals surface area contributed by atoms with Gasteiger partial charge in [0, 0.05) is 29.1 Å². The Morgan fingerprint density at radius 3 is 2.29 bits per heavy atom. The minimum absolute atomic E-state index is 0.000895. The molecular formula is C28H29Cl2FN2O2. The van der Waals surface area contributed by atoms with Gasteiger partial charge in [-0.05, 0) is 54.3 Å². The highest BCUT2D eigenvalue weighted by atomic mass is 35.5. The van der Waals surface area contributed by atoms with Gasteiger partial charge in [-0.2, -0.15) is 0 Å². The average molecular weight is 515 g/mol. The van der Waals surface area contributed by atoms with Gasteiger partial charge in [0.2, 0.25) is 11.8 Å². The Hall–Kier alpha value is -2.89. The standard InChI is InChI=1S/C28H29Cl2FN2O2/c1-3-19(2)32-28(35)26(15-20-7-5-4-6-8-20)33(18-21-9-13-24(31)14-10-21)27(34)16-22-11-12-23(29)17-25(22)30/h4-14,17,19,26H,3,15-16,18H2,1-2H3,(H,32,35)/t19-,26-/m0/s1. The number of carbonyl (C=O) groups excluding carboxylic acids is 2. The van der Waals surface area contributed by atoms with E-state index in [-0.39, 0.29) is 36.6 Å². The first-order valence-electron chi connectivity index (χ1n) is 11.6. The highest BCUT2D eigenvalue weighted by Crippen LogP contribution is 2.23. The van der Waals surface area contributed by atoms with Crippen molar-refractivity contribution in [1.29, 1.82) is 0 Å². The molecule has 35 heavy (non-hydrogen) atoms. The zero-order valence-corrected chi connectivity index (χ0v) is 21.3. The molecule has 0 unspecified atom stereocenters. The molecule has 184 valence electrons.